The normalized spacial score (nSPS) is 21.0. The van der Waals surface area contributed by atoms with E-state index in [9.17, 15) is 9.90 Å². The van der Waals surface area contributed by atoms with Crippen LogP contribution in [0.3, 0.4) is 0 Å². The molecular formula is C16H20N4O2. The SMILES string of the molecule is Cc1cc(C)n(-c2ccc(NC(=O)C3CCCC3O)cn2)n1. The number of anilines is 1. The molecule has 1 saturated carbocycles. The van der Waals surface area contributed by atoms with Gasteiger partial charge in [-0.1, -0.05) is 0 Å². The number of aliphatic hydroxyl groups excluding tert-OH is 1. The van der Waals surface area contributed by atoms with E-state index in [1.807, 2.05) is 26.0 Å². The third-order valence-electron chi connectivity index (χ3n) is 4.06. The predicted molar refractivity (Wildman–Crippen MR) is 82.8 cm³/mol. The van der Waals surface area contributed by atoms with Crippen molar-refractivity contribution in [3.05, 3.63) is 35.8 Å². The lowest BCUT2D eigenvalue weighted by atomic mass is 10.1. The number of amides is 1. The highest BCUT2D eigenvalue weighted by Gasteiger charge is 2.31. The van der Waals surface area contributed by atoms with E-state index < -0.39 is 6.10 Å². The van der Waals surface area contributed by atoms with Gasteiger partial charge in [0.15, 0.2) is 5.82 Å². The molecule has 0 radical (unpaired) electrons. The van der Waals surface area contributed by atoms with E-state index in [-0.39, 0.29) is 11.8 Å². The van der Waals surface area contributed by atoms with Crippen molar-refractivity contribution in [2.75, 3.05) is 5.32 Å². The third kappa shape index (κ3) is 2.87. The number of nitrogens with one attached hydrogen (secondary N) is 1. The summed E-state index contributed by atoms with van der Waals surface area (Å²) in [4.78, 5) is 16.5. The minimum Gasteiger partial charge on any atom is -0.392 e. The minimum absolute atomic E-state index is 0.134. The Labute approximate surface area is 129 Å². The number of hydrogen-bond acceptors (Lipinski definition) is 4. The van der Waals surface area contributed by atoms with Gasteiger partial charge in [-0.05, 0) is 51.3 Å². The Balaban J connectivity index is 1.72. The van der Waals surface area contributed by atoms with Crippen molar-refractivity contribution >= 4 is 11.6 Å². The van der Waals surface area contributed by atoms with Crippen LogP contribution in [0, 0.1) is 19.8 Å². The summed E-state index contributed by atoms with van der Waals surface area (Å²) in [5.74, 6) is 0.269. The molecule has 22 heavy (non-hydrogen) atoms. The summed E-state index contributed by atoms with van der Waals surface area (Å²) in [6.07, 6.45) is 3.43. The smallest absolute Gasteiger partial charge is 0.230 e. The Morgan fingerprint density at radius 3 is 2.73 bits per heavy atom. The Morgan fingerprint density at radius 1 is 1.36 bits per heavy atom. The highest BCUT2D eigenvalue weighted by Crippen LogP contribution is 2.26. The molecule has 0 aliphatic heterocycles. The van der Waals surface area contributed by atoms with Crippen LogP contribution in [-0.4, -0.2) is 31.9 Å². The summed E-state index contributed by atoms with van der Waals surface area (Å²) in [6.45, 7) is 3.91. The first kappa shape index (κ1) is 14.7. The molecule has 0 saturated heterocycles. The predicted octanol–water partition coefficient (Wildman–Crippen LogP) is 1.98. The maximum atomic E-state index is 12.1. The molecule has 2 atom stereocenters. The van der Waals surface area contributed by atoms with Gasteiger partial charge in [0.25, 0.3) is 0 Å². The summed E-state index contributed by atoms with van der Waals surface area (Å²) >= 11 is 0. The number of carbonyl (C=O) groups is 1. The lowest BCUT2D eigenvalue weighted by Gasteiger charge is -2.14. The molecule has 116 valence electrons. The highest BCUT2D eigenvalue weighted by atomic mass is 16.3. The Bertz CT molecular complexity index is 678. The van der Waals surface area contributed by atoms with E-state index in [4.69, 9.17) is 0 Å². The first-order valence-electron chi connectivity index (χ1n) is 7.53. The largest absolute Gasteiger partial charge is 0.392 e. The maximum absolute atomic E-state index is 12.1. The molecule has 2 unspecified atom stereocenters. The summed E-state index contributed by atoms with van der Waals surface area (Å²) < 4.78 is 1.77. The van der Waals surface area contributed by atoms with E-state index in [0.29, 0.717) is 17.9 Å². The molecule has 6 heteroatoms. The monoisotopic (exact) mass is 300 g/mol. The van der Waals surface area contributed by atoms with Crippen LogP contribution >= 0.6 is 0 Å². The van der Waals surface area contributed by atoms with Crippen LogP contribution in [0.25, 0.3) is 5.82 Å². The molecule has 2 aromatic rings. The van der Waals surface area contributed by atoms with Gasteiger partial charge in [0.05, 0.1) is 29.6 Å². The number of aryl methyl sites for hydroxylation is 2. The van der Waals surface area contributed by atoms with Crippen LogP contribution in [0.5, 0.6) is 0 Å². The van der Waals surface area contributed by atoms with Crippen LogP contribution in [0.1, 0.15) is 30.7 Å². The lowest BCUT2D eigenvalue weighted by molar-refractivity contribution is -0.122. The van der Waals surface area contributed by atoms with Crippen LogP contribution < -0.4 is 5.32 Å². The first-order chi connectivity index (χ1) is 10.5. The number of rotatable bonds is 3. The molecule has 2 N–H and O–H groups in total. The summed E-state index contributed by atoms with van der Waals surface area (Å²) in [6, 6.07) is 5.61. The third-order valence-corrected chi connectivity index (χ3v) is 4.06. The van der Waals surface area contributed by atoms with Gasteiger partial charge in [-0.15, -0.1) is 0 Å². The fraction of sp³-hybridized carbons (Fsp3) is 0.438. The van der Waals surface area contributed by atoms with Gasteiger partial charge in [-0.2, -0.15) is 5.10 Å². The van der Waals surface area contributed by atoms with Crippen molar-refractivity contribution in [1.29, 1.82) is 0 Å². The number of nitrogens with zero attached hydrogens (tertiary/aromatic N) is 3. The fourth-order valence-electron chi connectivity index (χ4n) is 2.93. The molecule has 1 fully saturated rings. The lowest BCUT2D eigenvalue weighted by Crippen LogP contribution is -2.28. The second-order valence-electron chi connectivity index (χ2n) is 5.84. The molecule has 0 spiro atoms. The second-order valence-corrected chi connectivity index (χ2v) is 5.84. The first-order valence-corrected chi connectivity index (χ1v) is 7.53. The van der Waals surface area contributed by atoms with Gasteiger partial charge in [0.2, 0.25) is 5.91 Å². The van der Waals surface area contributed by atoms with Gasteiger partial charge >= 0.3 is 0 Å². The zero-order valence-electron chi connectivity index (χ0n) is 12.8. The molecule has 0 bridgehead atoms. The Morgan fingerprint density at radius 2 is 2.18 bits per heavy atom. The number of aromatic nitrogens is 3. The van der Waals surface area contributed by atoms with Gasteiger partial charge in [-0.25, -0.2) is 9.67 Å². The second kappa shape index (κ2) is 5.88. The molecular weight excluding hydrogens is 280 g/mol. The van der Waals surface area contributed by atoms with Gasteiger partial charge < -0.3 is 10.4 Å². The van der Waals surface area contributed by atoms with Crippen LogP contribution in [-0.2, 0) is 4.79 Å². The zero-order valence-corrected chi connectivity index (χ0v) is 12.8. The molecule has 2 heterocycles. The average molecular weight is 300 g/mol. The number of hydrogen-bond donors (Lipinski definition) is 2. The van der Waals surface area contributed by atoms with Gasteiger partial charge in [-0.3, -0.25) is 4.79 Å². The van der Waals surface area contributed by atoms with Crippen molar-refractivity contribution in [1.82, 2.24) is 14.8 Å². The van der Waals surface area contributed by atoms with E-state index in [2.05, 4.69) is 15.4 Å². The average Bonchev–Trinajstić information content (AvgIpc) is 3.05. The highest BCUT2D eigenvalue weighted by molar-refractivity contribution is 5.93. The Kier molecular flexibility index (Phi) is 3.94. The van der Waals surface area contributed by atoms with Crippen LogP contribution in [0.4, 0.5) is 5.69 Å². The van der Waals surface area contributed by atoms with Crippen LogP contribution in [0.15, 0.2) is 24.4 Å². The molecule has 0 aromatic carbocycles. The van der Waals surface area contributed by atoms with E-state index in [0.717, 1.165) is 24.2 Å². The van der Waals surface area contributed by atoms with Gasteiger partial charge in [0, 0.05) is 5.69 Å². The molecule has 1 amide bonds. The topological polar surface area (TPSA) is 80.0 Å². The van der Waals surface area contributed by atoms with Crippen molar-refractivity contribution < 1.29 is 9.90 Å². The quantitative estimate of drug-likeness (QED) is 0.908. The standard InChI is InChI=1S/C16H20N4O2/c1-10-8-11(2)20(19-10)15-7-6-12(9-17-15)18-16(22)13-4-3-5-14(13)21/h6-9,13-14,21H,3-5H2,1-2H3,(H,18,22). The molecule has 3 rings (SSSR count). The Hall–Kier alpha value is -2.21. The zero-order chi connectivity index (χ0) is 15.7. The summed E-state index contributed by atoms with van der Waals surface area (Å²) in [5, 5.41) is 17.0. The molecule has 2 aromatic heterocycles. The van der Waals surface area contributed by atoms with Crippen LogP contribution in [0.2, 0.25) is 0 Å². The number of aliphatic hydroxyl groups is 1. The van der Waals surface area contributed by atoms with E-state index >= 15 is 0 Å². The van der Waals surface area contributed by atoms with E-state index in [1.165, 1.54) is 0 Å². The molecule has 1 aliphatic carbocycles. The summed E-state index contributed by atoms with van der Waals surface area (Å²) in [5.41, 5.74) is 2.58. The number of carbonyl (C=O) groups excluding carboxylic acids is 1. The van der Waals surface area contributed by atoms with Crippen molar-refractivity contribution in [3.8, 4) is 5.82 Å². The minimum atomic E-state index is -0.526. The summed E-state index contributed by atoms with van der Waals surface area (Å²) in [7, 11) is 0. The van der Waals surface area contributed by atoms with E-state index in [1.54, 1.807) is 16.9 Å². The maximum Gasteiger partial charge on any atom is 0.230 e. The van der Waals surface area contributed by atoms with Crippen molar-refractivity contribution in [2.24, 2.45) is 5.92 Å². The van der Waals surface area contributed by atoms with Crippen molar-refractivity contribution in [2.45, 2.75) is 39.2 Å². The number of pyridine rings is 1. The molecule has 1 aliphatic rings. The molecule has 6 nitrogen and oxygen atoms in total. The van der Waals surface area contributed by atoms with Gasteiger partial charge in [0.1, 0.15) is 0 Å². The fourth-order valence-corrected chi connectivity index (χ4v) is 2.93. The van der Waals surface area contributed by atoms with Crippen molar-refractivity contribution in [3.63, 3.8) is 0 Å².